The molecule has 0 aromatic heterocycles. The molecule has 1 fully saturated rings. The van der Waals surface area contributed by atoms with Gasteiger partial charge < -0.3 is 19.5 Å². The highest BCUT2D eigenvalue weighted by Gasteiger charge is 2.44. The summed E-state index contributed by atoms with van der Waals surface area (Å²) in [7, 11) is 0. The lowest BCUT2D eigenvalue weighted by Gasteiger charge is -2.30. The van der Waals surface area contributed by atoms with E-state index in [9.17, 15) is 20.0 Å². The van der Waals surface area contributed by atoms with Crippen LogP contribution >= 0.6 is 15.9 Å². The number of amides is 1. The van der Waals surface area contributed by atoms with Gasteiger partial charge in [0, 0.05) is 24.0 Å². The SMILES string of the molecule is CC(C)(C)OC(=O)N1CCCC(Oc2ccc(Br)cc2C#N)(C(=O)O)CC1. The molecule has 7 nitrogen and oxygen atoms in total. The molecule has 1 atom stereocenters. The monoisotopic (exact) mass is 438 g/mol. The molecule has 0 radical (unpaired) electrons. The molecule has 1 heterocycles. The van der Waals surface area contributed by atoms with E-state index in [2.05, 4.69) is 15.9 Å². The predicted molar refractivity (Wildman–Crippen MR) is 102 cm³/mol. The highest BCUT2D eigenvalue weighted by molar-refractivity contribution is 9.10. The van der Waals surface area contributed by atoms with Gasteiger partial charge in [0.1, 0.15) is 17.4 Å². The molecule has 27 heavy (non-hydrogen) atoms. The summed E-state index contributed by atoms with van der Waals surface area (Å²) >= 11 is 3.28. The first kappa shape index (κ1) is 21.0. The fourth-order valence-electron chi connectivity index (χ4n) is 2.87. The van der Waals surface area contributed by atoms with Crippen LogP contribution in [0.2, 0.25) is 0 Å². The minimum Gasteiger partial charge on any atom is -0.478 e. The zero-order chi connectivity index (χ0) is 20.2. The van der Waals surface area contributed by atoms with Crippen molar-refractivity contribution in [2.24, 2.45) is 0 Å². The lowest BCUT2D eigenvalue weighted by molar-refractivity contribution is -0.156. The van der Waals surface area contributed by atoms with Crippen molar-refractivity contribution in [3.05, 3.63) is 28.2 Å². The van der Waals surface area contributed by atoms with Crippen LogP contribution in [-0.2, 0) is 9.53 Å². The van der Waals surface area contributed by atoms with E-state index in [1.807, 2.05) is 6.07 Å². The molecule has 0 saturated carbocycles. The van der Waals surface area contributed by atoms with Gasteiger partial charge in [-0.15, -0.1) is 0 Å². The molecular formula is C19H23BrN2O5. The summed E-state index contributed by atoms with van der Waals surface area (Å²) in [6.45, 7) is 5.93. The third-order valence-electron chi connectivity index (χ3n) is 4.20. The van der Waals surface area contributed by atoms with Crippen molar-refractivity contribution < 1.29 is 24.2 Å². The van der Waals surface area contributed by atoms with E-state index in [1.54, 1.807) is 39.0 Å². The number of carboxylic acids is 1. The Kier molecular flexibility index (Phi) is 6.37. The summed E-state index contributed by atoms with van der Waals surface area (Å²) in [6, 6.07) is 6.86. The zero-order valence-corrected chi connectivity index (χ0v) is 17.2. The first-order valence-corrected chi connectivity index (χ1v) is 9.46. The Morgan fingerprint density at radius 1 is 1.30 bits per heavy atom. The number of ether oxygens (including phenoxy) is 2. The first-order chi connectivity index (χ1) is 12.6. The maximum absolute atomic E-state index is 12.3. The molecule has 0 aliphatic carbocycles. The molecule has 8 heteroatoms. The Labute approximate surface area is 167 Å². The van der Waals surface area contributed by atoms with Crippen LogP contribution in [0.4, 0.5) is 4.79 Å². The summed E-state index contributed by atoms with van der Waals surface area (Å²) in [5.41, 5.74) is -1.88. The van der Waals surface area contributed by atoms with Gasteiger partial charge in [0.2, 0.25) is 5.60 Å². The van der Waals surface area contributed by atoms with Gasteiger partial charge in [-0.1, -0.05) is 15.9 Å². The quantitative estimate of drug-likeness (QED) is 0.766. The molecule has 1 aromatic rings. The van der Waals surface area contributed by atoms with Crippen LogP contribution in [-0.4, -0.2) is 46.4 Å². The Morgan fingerprint density at radius 2 is 2.00 bits per heavy atom. The Bertz CT molecular complexity index is 768. The summed E-state index contributed by atoms with van der Waals surface area (Å²) in [5.74, 6) is -0.894. The Balaban J connectivity index is 2.21. The lowest BCUT2D eigenvalue weighted by atomic mass is 9.94. The van der Waals surface area contributed by atoms with Crippen molar-refractivity contribution in [1.29, 1.82) is 5.26 Å². The number of halogens is 1. The van der Waals surface area contributed by atoms with Crippen LogP contribution in [0.15, 0.2) is 22.7 Å². The summed E-state index contributed by atoms with van der Waals surface area (Å²) in [5, 5.41) is 19.2. The number of hydrogen-bond donors (Lipinski definition) is 1. The van der Waals surface area contributed by atoms with Crippen LogP contribution in [0, 0.1) is 11.3 Å². The van der Waals surface area contributed by atoms with Gasteiger partial charge in [-0.2, -0.15) is 5.26 Å². The largest absolute Gasteiger partial charge is 0.478 e. The number of carbonyl (C=O) groups is 2. The van der Waals surface area contributed by atoms with Gasteiger partial charge in [-0.3, -0.25) is 0 Å². The average molecular weight is 439 g/mol. The van der Waals surface area contributed by atoms with Crippen LogP contribution in [0.5, 0.6) is 5.75 Å². The van der Waals surface area contributed by atoms with E-state index in [4.69, 9.17) is 9.47 Å². The van der Waals surface area contributed by atoms with Crippen molar-refractivity contribution in [2.45, 2.75) is 51.2 Å². The third kappa shape index (κ3) is 5.36. The number of aliphatic carboxylic acids is 1. The fraction of sp³-hybridized carbons (Fsp3) is 0.526. The first-order valence-electron chi connectivity index (χ1n) is 8.66. The van der Waals surface area contributed by atoms with E-state index >= 15 is 0 Å². The van der Waals surface area contributed by atoms with Crippen molar-refractivity contribution in [1.82, 2.24) is 4.90 Å². The van der Waals surface area contributed by atoms with E-state index in [0.29, 0.717) is 17.4 Å². The van der Waals surface area contributed by atoms with Gasteiger partial charge in [0.15, 0.2) is 0 Å². The van der Waals surface area contributed by atoms with Crippen molar-refractivity contribution in [3.63, 3.8) is 0 Å². The predicted octanol–water partition coefficient (Wildman–Crippen LogP) is 3.94. The molecule has 1 amide bonds. The number of rotatable bonds is 3. The van der Waals surface area contributed by atoms with Gasteiger partial charge in [-0.25, -0.2) is 9.59 Å². The molecule has 1 N–H and O–H groups in total. The van der Waals surface area contributed by atoms with Gasteiger partial charge in [-0.05, 0) is 51.8 Å². The number of nitriles is 1. The summed E-state index contributed by atoms with van der Waals surface area (Å²) < 4.78 is 12.0. The van der Waals surface area contributed by atoms with Gasteiger partial charge in [0.05, 0.1) is 5.56 Å². The van der Waals surface area contributed by atoms with Crippen LogP contribution in [0.1, 0.15) is 45.6 Å². The molecule has 0 spiro atoms. The number of likely N-dealkylation sites (tertiary alicyclic amines) is 1. The maximum atomic E-state index is 12.3. The highest BCUT2D eigenvalue weighted by Crippen LogP contribution is 2.32. The second-order valence-corrected chi connectivity index (χ2v) is 8.39. The fourth-order valence-corrected chi connectivity index (χ4v) is 3.23. The van der Waals surface area contributed by atoms with Gasteiger partial charge in [0.25, 0.3) is 0 Å². The average Bonchev–Trinajstić information content (AvgIpc) is 2.78. The normalized spacial score (nSPS) is 20.3. The second kappa shape index (κ2) is 8.17. The number of carboxylic acid groups (broad SMARTS) is 1. The van der Waals surface area contributed by atoms with E-state index in [0.717, 1.165) is 0 Å². The standard InChI is InChI=1S/C19H23BrN2O5/c1-18(2,3)27-17(25)22-9-4-7-19(8-10-22,16(23)24)26-15-6-5-14(20)11-13(15)12-21/h5-6,11H,4,7-10H2,1-3H3,(H,23,24). The third-order valence-corrected chi connectivity index (χ3v) is 4.70. The topological polar surface area (TPSA) is 99.9 Å². The highest BCUT2D eigenvalue weighted by atomic mass is 79.9. The second-order valence-electron chi connectivity index (χ2n) is 7.47. The molecule has 146 valence electrons. The minimum absolute atomic E-state index is 0.0997. The van der Waals surface area contributed by atoms with E-state index in [1.165, 1.54) is 4.90 Å². The van der Waals surface area contributed by atoms with E-state index < -0.39 is 23.3 Å². The molecule has 2 rings (SSSR count). The van der Waals surface area contributed by atoms with Crippen LogP contribution < -0.4 is 4.74 Å². The molecule has 1 unspecified atom stereocenters. The summed E-state index contributed by atoms with van der Waals surface area (Å²) in [4.78, 5) is 25.9. The summed E-state index contributed by atoms with van der Waals surface area (Å²) in [6.07, 6.45) is 0.305. The number of nitrogens with zero attached hydrogens (tertiary/aromatic N) is 2. The molecule has 1 aliphatic heterocycles. The lowest BCUT2D eigenvalue weighted by Crippen LogP contribution is -2.46. The number of benzene rings is 1. The van der Waals surface area contributed by atoms with Crippen molar-refractivity contribution in [3.8, 4) is 11.8 Å². The smallest absolute Gasteiger partial charge is 0.410 e. The van der Waals surface area contributed by atoms with Crippen molar-refractivity contribution in [2.75, 3.05) is 13.1 Å². The Hall–Kier alpha value is -2.27. The zero-order valence-electron chi connectivity index (χ0n) is 15.6. The Morgan fingerprint density at radius 3 is 2.59 bits per heavy atom. The minimum atomic E-state index is -1.50. The number of carbonyl (C=O) groups excluding carboxylic acids is 1. The van der Waals surface area contributed by atoms with Gasteiger partial charge >= 0.3 is 12.1 Å². The molecule has 0 bridgehead atoms. The molecule has 1 aromatic carbocycles. The maximum Gasteiger partial charge on any atom is 0.410 e. The number of hydrogen-bond acceptors (Lipinski definition) is 5. The van der Waals surface area contributed by atoms with Crippen LogP contribution in [0.25, 0.3) is 0 Å². The molecular weight excluding hydrogens is 416 g/mol. The molecule has 1 saturated heterocycles. The van der Waals surface area contributed by atoms with E-state index in [-0.39, 0.29) is 30.7 Å². The van der Waals surface area contributed by atoms with Crippen LogP contribution in [0.3, 0.4) is 0 Å². The van der Waals surface area contributed by atoms with Crippen molar-refractivity contribution >= 4 is 28.0 Å². The molecule has 1 aliphatic rings.